The van der Waals surface area contributed by atoms with Crippen molar-refractivity contribution in [2.45, 2.75) is 31.5 Å². The van der Waals surface area contributed by atoms with Crippen LogP contribution in [-0.2, 0) is 15.8 Å². The van der Waals surface area contributed by atoms with E-state index in [-0.39, 0.29) is 24.1 Å². The highest BCUT2D eigenvalue weighted by molar-refractivity contribution is 7.70. The number of rotatable bonds is 9. The van der Waals surface area contributed by atoms with Crippen LogP contribution in [0.4, 0.5) is 24.5 Å². The first-order chi connectivity index (χ1) is 20.2. The van der Waals surface area contributed by atoms with Gasteiger partial charge in [0.1, 0.15) is 12.9 Å². The van der Waals surface area contributed by atoms with Crippen molar-refractivity contribution < 1.29 is 27.3 Å². The third-order valence-electron chi connectivity index (χ3n) is 7.23. The lowest BCUT2D eigenvalue weighted by Crippen LogP contribution is -2.45. The molecule has 1 aliphatic rings. The van der Waals surface area contributed by atoms with E-state index < -0.39 is 19.7 Å². The predicted octanol–water partition coefficient (Wildman–Crippen LogP) is 5.69. The summed E-state index contributed by atoms with van der Waals surface area (Å²) in [7, 11) is 2.79. The summed E-state index contributed by atoms with van der Waals surface area (Å²) >= 11 is 1.26. The molecule has 12 heteroatoms. The molecule has 0 atom stereocenters. The van der Waals surface area contributed by atoms with Crippen molar-refractivity contribution in [3.05, 3.63) is 46.8 Å². The van der Waals surface area contributed by atoms with Crippen LogP contribution >= 0.6 is 18.5 Å². The van der Waals surface area contributed by atoms with Crippen molar-refractivity contribution in [1.82, 2.24) is 9.80 Å². The SMILES string of the molecule is COc1cc(P(C)(C)=O)ccc1NCC#Cc1sc2c(NC3CCN(C(=O)CN(C)C)CC3)cccc2c1CC(F)(F)F. The van der Waals surface area contributed by atoms with Gasteiger partial charge in [-0.05, 0) is 75.5 Å². The predicted molar refractivity (Wildman–Crippen MR) is 171 cm³/mol. The fourth-order valence-corrected chi connectivity index (χ4v) is 7.08. The Morgan fingerprint density at radius 1 is 1.16 bits per heavy atom. The first-order valence-corrected chi connectivity index (χ1v) is 17.4. The number of halogens is 3. The fraction of sp³-hybridized carbons (Fsp3) is 0.452. The molecule has 2 heterocycles. The van der Waals surface area contributed by atoms with E-state index in [4.69, 9.17) is 4.74 Å². The number of carbonyl (C=O) groups excluding carboxylic acids is 1. The number of methoxy groups -OCH3 is 1. The molecule has 0 spiro atoms. The minimum absolute atomic E-state index is 0.0986. The van der Waals surface area contributed by atoms with Gasteiger partial charge in [-0.2, -0.15) is 13.2 Å². The Labute approximate surface area is 255 Å². The number of thiophene rings is 1. The molecule has 0 bridgehead atoms. The highest BCUT2D eigenvalue weighted by Gasteiger charge is 2.31. The van der Waals surface area contributed by atoms with Gasteiger partial charge in [0.2, 0.25) is 5.91 Å². The summed E-state index contributed by atoms with van der Waals surface area (Å²) in [5.41, 5.74) is 1.61. The van der Waals surface area contributed by atoms with Crippen molar-refractivity contribution in [3.63, 3.8) is 0 Å². The summed E-state index contributed by atoms with van der Waals surface area (Å²) < 4.78 is 59.6. The van der Waals surface area contributed by atoms with E-state index >= 15 is 0 Å². The Morgan fingerprint density at radius 2 is 1.88 bits per heavy atom. The number of nitrogens with one attached hydrogen (secondary N) is 2. The van der Waals surface area contributed by atoms with E-state index in [2.05, 4.69) is 22.5 Å². The minimum atomic E-state index is -4.38. The average molecular weight is 635 g/mol. The molecule has 1 saturated heterocycles. The van der Waals surface area contributed by atoms with Crippen LogP contribution in [-0.4, -0.2) is 88.6 Å². The standard InChI is InChI=1S/C31H38F3N4O3PS/c1-37(2)20-29(39)38-16-13-21(14-17-38)36-26-9-6-8-23-24(19-31(32,33)34)28(43-30(23)26)10-7-15-35-25-12-11-22(42(4,5)40)18-27(25)41-3/h6,8-9,11-12,18,21,35-36H,13-17,19-20H2,1-5H3. The molecular formula is C31H38F3N4O3PS. The molecule has 1 aromatic heterocycles. The summed E-state index contributed by atoms with van der Waals surface area (Å²) in [5.74, 6) is 6.57. The molecule has 1 fully saturated rings. The molecule has 4 rings (SSSR count). The van der Waals surface area contributed by atoms with Crippen LogP contribution in [0.3, 0.4) is 0 Å². The van der Waals surface area contributed by atoms with Gasteiger partial charge < -0.3 is 29.7 Å². The number of anilines is 2. The summed E-state index contributed by atoms with van der Waals surface area (Å²) in [6.07, 6.45) is -3.94. The molecule has 0 unspecified atom stereocenters. The molecule has 2 aromatic carbocycles. The Hall–Kier alpha value is -3.19. The lowest BCUT2D eigenvalue weighted by Gasteiger charge is -2.33. The number of nitrogens with zero attached hydrogens (tertiary/aromatic N) is 2. The zero-order valence-electron chi connectivity index (χ0n) is 25.1. The van der Waals surface area contributed by atoms with Crippen LogP contribution in [0.15, 0.2) is 36.4 Å². The first-order valence-electron chi connectivity index (χ1n) is 14.0. The highest BCUT2D eigenvalue weighted by Crippen LogP contribution is 2.40. The summed E-state index contributed by atoms with van der Waals surface area (Å²) in [5, 5.41) is 7.92. The van der Waals surface area contributed by atoms with Crippen LogP contribution in [0.5, 0.6) is 5.75 Å². The lowest BCUT2D eigenvalue weighted by atomic mass is 10.0. The molecule has 0 radical (unpaired) electrons. The largest absolute Gasteiger partial charge is 0.495 e. The molecule has 1 aliphatic heterocycles. The maximum Gasteiger partial charge on any atom is 0.393 e. The van der Waals surface area contributed by atoms with E-state index in [1.807, 2.05) is 30.0 Å². The number of fused-ring (bicyclic) bond motifs is 1. The number of likely N-dealkylation sites (tertiary alicyclic amines) is 1. The molecule has 232 valence electrons. The Kier molecular flexibility index (Phi) is 10.4. The number of hydrogen-bond donors (Lipinski definition) is 2. The summed E-state index contributed by atoms with van der Waals surface area (Å²) in [6, 6.07) is 10.8. The number of ether oxygens (including phenoxy) is 1. The molecule has 3 aromatic rings. The van der Waals surface area contributed by atoms with Gasteiger partial charge in [-0.3, -0.25) is 4.79 Å². The molecule has 1 amide bonds. The molecule has 2 N–H and O–H groups in total. The van der Waals surface area contributed by atoms with Gasteiger partial charge in [-0.25, -0.2) is 0 Å². The van der Waals surface area contributed by atoms with Gasteiger partial charge in [0.05, 0.1) is 47.6 Å². The topological polar surface area (TPSA) is 73.9 Å². The lowest BCUT2D eigenvalue weighted by molar-refractivity contribution is -0.132. The zero-order chi connectivity index (χ0) is 31.4. The van der Waals surface area contributed by atoms with Gasteiger partial charge in [0.15, 0.2) is 0 Å². The van der Waals surface area contributed by atoms with E-state index in [9.17, 15) is 22.5 Å². The summed E-state index contributed by atoms with van der Waals surface area (Å²) in [4.78, 5) is 16.5. The normalized spacial score (nSPS) is 14.5. The van der Waals surface area contributed by atoms with Crippen molar-refractivity contribution in [2.24, 2.45) is 0 Å². The maximum atomic E-state index is 13.6. The van der Waals surface area contributed by atoms with Crippen molar-refractivity contribution in [2.75, 3.05) is 71.3 Å². The molecule has 7 nitrogen and oxygen atoms in total. The van der Waals surface area contributed by atoms with E-state index in [1.165, 1.54) is 18.4 Å². The van der Waals surface area contributed by atoms with E-state index in [0.717, 1.165) is 23.2 Å². The van der Waals surface area contributed by atoms with E-state index in [0.29, 0.717) is 46.6 Å². The van der Waals surface area contributed by atoms with Gasteiger partial charge in [0.25, 0.3) is 0 Å². The highest BCUT2D eigenvalue weighted by atomic mass is 32.1. The number of likely N-dealkylation sites (N-methyl/N-ethyl adjacent to an activating group) is 1. The molecular weight excluding hydrogens is 596 g/mol. The Bertz CT molecular complexity index is 1560. The molecule has 0 saturated carbocycles. The third-order valence-corrected chi connectivity index (χ3v) is 9.95. The van der Waals surface area contributed by atoms with Crippen molar-refractivity contribution in [1.29, 1.82) is 0 Å². The quantitative estimate of drug-likeness (QED) is 0.233. The number of carbonyl (C=O) groups is 1. The molecule has 0 aliphatic carbocycles. The van der Waals surface area contributed by atoms with Crippen molar-refractivity contribution in [3.8, 4) is 17.6 Å². The van der Waals surface area contributed by atoms with Crippen LogP contribution in [0.25, 0.3) is 10.1 Å². The second-order valence-corrected chi connectivity index (χ2v) is 15.6. The number of piperidine rings is 1. The maximum absolute atomic E-state index is 13.6. The first kappa shape index (κ1) is 32.7. The number of amides is 1. The minimum Gasteiger partial charge on any atom is -0.495 e. The van der Waals surface area contributed by atoms with Gasteiger partial charge in [-0.1, -0.05) is 24.0 Å². The van der Waals surface area contributed by atoms with Crippen LogP contribution < -0.4 is 20.7 Å². The Balaban J connectivity index is 1.53. The van der Waals surface area contributed by atoms with Crippen LogP contribution in [0, 0.1) is 11.8 Å². The monoisotopic (exact) mass is 634 g/mol. The number of benzene rings is 2. The smallest absolute Gasteiger partial charge is 0.393 e. The van der Waals surface area contributed by atoms with Gasteiger partial charge in [0, 0.05) is 24.4 Å². The average Bonchev–Trinajstić information content (AvgIpc) is 3.27. The number of alkyl halides is 3. The van der Waals surface area contributed by atoms with Crippen LogP contribution in [0.1, 0.15) is 23.3 Å². The number of hydrogen-bond acceptors (Lipinski definition) is 7. The third kappa shape index (κ3) is 8.69. The second kappa shape index (κ2) is 13.6. The Morgan fingerprint density at radius 3 is 2.51 bits per heavy atom. The molecule has 43 heavy (non-hydrogen) atoms. The fourth-order valence-electron chi connectivity index (χ4n) is 5.05. The summed E-state index contributed by atoms with van der Waals surface area (Å²) in [6.45, 7) is 5.19. The van der Waals surface area contributed by atoms with E-state index in [1.54, 1.807) is 43.7 Å². The second-order valence-electron chi connectivity index (χ2n) is 11.3. The zero-order valence-corrected chi connectivity index (χ0v) is 26.8. The van der Waals surface area contributed by atoms with Gasteiger partial charge in [-0.15, -0.1) is 11.3 Å². The van der Waals surface area contributed by atoms with Crippen LogP contribution in [0.2, 0.25) is 0 Å². The van der Waals surface area contributed by atoms with Gasteiger partial charge >= 0.3 is 6.18 Å². The van der Waals surface area contributed by atoms with Crippen molar-refractivity contribution >= 4 is 51.2 Å².